The van der Waals surface area contributed by atoms with Gasteiger partial charge in [-0.25, -0.2) is 0 Å². The molecule has 24 heavy (non-hydrogen) atoms. The Kier molecular flexibility index (Phi) is 9.50. The van der Waals surface area contributed by atoms with Crippen LogP contribution in [0.3, 0.4) is 0 Å². The fourth-order valence-corrected chi connectivity index (χ4v) is 2.85. The van der Waals surface area contributed by atoms with Gasteiger partial charge in [-0.1, -0.05) is 43.2 Å². The van der Waals surface area contributed by atoms with Crippen molar-refractivity contribution in [2.24, 2.45) is 0 Å². The van der Waals surface area contributed by atoms with Crippen molar-refractivity contribution in [1.29, 1.82) is 0 Å². The van der Waals surface area contributed by atoms with Gasteiger partial charge in [0.2, 0.25) is 0 Å². The Morgan fingerprint density at radius 2 is 1.71 bits per heavy atom. The summed E-state index contributed by atoms with van der Waals surface area (Å²) in [6.45, 7) is 2.49. The molecule has 1 aliphatic carbocycles. The number of hydrogen-bond acceptors (Lipinski definition) is 4. The summed E-state index contributed by atoms with van der Waals surface area (Å²) in [6, 6.07) is 10.1. The number of hydrogen-bond donors (Lipinski definition) is 0. The quantitative estimate of drug-likeness (QED) is 0.423. The van der Waals surface area contributed by atoms with Crippen LogP contribution in [-0.2, 0) is 25.6 Å². The highest BCUT2D eigenvalue weighted by atomic mass is 16.5. The van der Waals surface area contributed by atoms with Crippen LogP contribution in [0.1, 0.15) is 56.9 Å². The Morgan fingerprint density at radius 1 is 0.958 bits per heavy atom. The van der Waals surface area contributed by atoms with Gasteiger partial charge in [-0.3, -0.25) is 4.79 Å². The summed E-state index contributed by atoms with van der Waals surface area (Å²) in [5, 5.41) is 0. The summed E-state index contributed by atoms with van der Waals surface area (Å²) in [7, 11) is 0. The molecule has 134 valence electrons. The van der Waals surface area contributed by atoms with Crippen LogP contribution in [0.15, 0.2) is 30.3 Å². The summed E-state index contributed by atoms with van der Waals surface area (Å²) in [5.41, 5.74) is 1.18. The summed E-state index contributed by atoms with van der Waals surface area (Å²) in [5.74, 6) is -0.116. The predicted octanol–water partition coefficient (Wildman–Crippen LogP) is 4.27. The molecule has 2 rings (SSSR count). The van der Waals surface area contributed by atoms with Crippen molar-refractivity contribution in [2.45, 2.75) is 64.1 Å². The van der Waals surface area contributed by atoms with Crippen LogP contribution in [0.4, 0.5) is 0 Å². The highest BCUT2D eigenvalue weighted by Gasteiger charge is 2.15. The van der Waals surface area contributed by atoms with Crippen molar-refractivity contribution >= 4 is 5.97 Å². The number of carbonyl (C=O) groups is 1. The Balaban J connectivity index is 1.35. The molecular weight excluding hydrogens is 304 g/mol. The van der Waals surface area contributed by atoms with Gasteiger partial charge >= 0.3 is 5.97 Å². The molecule has 0 bridgehead atoms. The lowest BCUT2D eigenvalue weighted by Gasteiger charge is -2.10. The first-order chi connectivity index (χ1) is 11.8. The first-order valence-corrected chi connectivity index (χ1v) is 9.23. The van der Waals surface area contributed by atoms with Gasteiger partial charge in [-0.05, 0) is 37.7 Å². The second-order valence-electron chi connectivity index (χ2n) is 6.35. The van der Waals surface area contributed by atoms with E-state index in [4.69, 9.17) is 14.2 Å². The summed E-state index contributed by atoms with van der Waals surface area (Å²) in [4.78, 5) is 11.6. The van der Waals surface area contributed by atoms with Crippen molar-refractivity contribution in [3.05, 3.63) is 35.9 Å². The number of benzene rings is 1. The fourth-order valence-electron chi connectivity index (χ4n) is 2.85. The zero-order chi connectivity index (χ0) is 16.9. The second kappa shape index (κ2) is 12.0. The number of carbonyl (C=O) groups excluding carboxylic acids is 1. The number of rotatable bonds is 12. The lowest BCUT2D eigenvalue weighted by atomic mass is 10.2. The van der Waals surface area contributed by atoms with Crippen LogP contribution in [0.5, 0.6) is 0 Å². The molecule has 4 nitrogen and oxygen atoms in total. The first-order valence-electron chi connectivity index (χ1n) is 9.23. The molecule has 1 aromatic carbocycles. The first kappa shape index (κ1) is 18.9. The van der Waals surface area contributed by atoms with Gasteiger partial charge in [0.25, 0.3) is 0 Å². The van der Waals surface area contributed by atoms with Crippen molar-refractivity contribution in [3.63, 3.8) is 0 Å². The smallest absolute Gasteiger partial charge is 0.305 e. The molecule has 0 radical (unpaired) electrons. The van der Waals surface area contributed by atoms with Gasteiger partial charge in [0.1, 0.15) is 0 Å². The molecule has 0 amide bonds. The largest absolute Gasteiger partial charge is 0.466 e. The van der Waals surface area contributed by atoms with E-state index >= 15 is 0 Å². The molecule has 1 saturated carbocycles. The van der Waals surface area contributed by atoms with Crippen molar-refractivity contribution in [1.82, 2.24) is 0 Å². The van der Waals surface area contributed by atoms with E-state index in [1.54, 1.807) is 0 Å². The van der Waals surface area contributed by atoms with E-state index in [9.17, 15) is 4.79 Å². The molecular formula is C20H30O4. The Morgan fingerprint density at radius 3 is 2.50 bits per heavy atom. The zero-order valence-corrected chi connectivity index (χ0v) is 14.6. The van der Waals surface area contributed by atoms with E-state index in [0.717, 1.165) is 19.3 Å². The molecule has 0 atom stereocenters. The number of ether oxygens (including phenoxy) is 3. The number of esters is 1. The van der Waals surface area contributed by atoms with Crippen LogP contribution in [0.2, 0.25) is 0 Å². The lowest BCUT2D eigenvalue weighted by Crippen LogP contribution is -2.11. The van der Waals surface area contributed by atoms with E-state index in [1.165, 1.54) is 31.2 Å². The highest BCUT2D eigenvalue weighted by Crippen LogP contribution is 2.21. The van der Waals surface area contributed by atoms with Crippen LogP contribution in [0, 0.1) is 0 Å². The minimum absolute atomic E-state index is 0.116. The maximum absolute atomic E-state index is 11.6. The molecule has 0 aromatic heterocycles. The molecule has 0 spiro atoms. The van der Waals surface area contributed by atoms with Crippen molar-refractivity contribution in [2.75, 3.05) is 19.8 Å². The van der Waals surface area contributed by atoms with E-state index in [0.29, 0.717) is 39.0 Å². The summed E-state index contributed by atoms with van der Waals surface area (Å²) in [6.07, 6.45) is 8.31. The van der Waals surface area contributed by atoms with Gasteiger partial charge in [-0.15, -0.1) is 0 Å². The number of unbranched alkanes of at least 4 members (excludes halogenated alkanes) is 1. The van der Waals surface area contributed by atoms with Gasteiger partial charge in [-0.2, -0.15) is 0 Å². The molecule has 0 saturated heterocycles. The third-order valence-electron chi connectivity index (χ3n) is 4.24. The van der Waals surface area contributed by atoms with E-state index < -0.39 is 0 Å². The second-order valence-corrected chi connectivity index (χ2v) is 6.35. The third-order valence-corrected chi connectivity index (χ3v) is 4.24. The minimum atomic E-state index is -0.116. The fraction of sp³-hybridized carbons (Fsp3) is 0.650. The molecule has 0 aliphatic heterocycles. The minimum Gasteiger partial charge on any atom is -0.466 e. The SMILES string of the molecule is O=C(CCCOC1CCCC1)OCCCCOCc1ccccc1. The van der Waals surface area contributed by atoms with Crippen LogP contribution in [-0.4, -0.2) is 31.9 Å². The maximum atomic E-state index is 11.6. The normalized spacial score (nSPS) is 14.8. The summed E-state index contributed by atoms with van der Waals surface area (Å²) < 4.78 is 16.6. The highest BCUT2D eigenvalue weighted by molar-refractivity contribution is 5.69. The van der Waals surface area contributed by atoms with E-state index in [2.05, 4.69) is 12.1 Å². The maximum Gasteiger partial charge on any atom is 0.305 e. The molecule has 0 unspecified atom stereocenters. The van der Waals surface area contributed by atoms with E-state index in [1.807, 2.05) is 18.2 Å². The Bertz CT molecular complexity index is 440. The van der Waals surface area contributed by atoms with Crippen LogP contribution in [0.25, 0.3) is 0 Å². The van der Waals surface area contributed by atoms with Crippen LogP contribution < -0.4 is 0 Å². The zero-order valence-electron chi connectivity index (χ0n) is 14.6. The van der Waals surface area contributed by atoms with Crippen LogP contribution >= 0.6 is 0 Å². The topological polar surface area (TPSA) is 44.8 Å². The molecule has 0 heterocycles. The lowest BCUT2D eigenvalue weighted by molar-refractivity contribution is -0.144. The van der Waals surface area contributed by atoms with Crippen molar-refractivity contribution in [3.8, 4) is 0 Å². The third kappa shape index (κ3) is 8.46. The monoisotopic (exact) mass is 334 g/mol. The van der Waals surface area contributed by atoms with Gasteiger partial charge in [0.05, 0.1) is 19.3 Å². The van der Waals surface area contributed by atoms with Gasteiger partial charge in [0.15, 0.2) is 0 Å². The van der Waals surface area contributed by atoms with E-state index in [-0.39, 0.29) is 5.97 Å². The molecule has 1 aliphatic rings. The molecule has 0 N–H and O–H groups in total. The average Bonchev–Trinajstić information content (AvgIpc) is 3.12. The summed E-state index contributed by atoms with van der Waals surface area (Å²) >= 11 is 0. The average molecular weight is 334 g/mol. The standard InChI is InChI=1S/C20H30O4/c21-20(13-8-16-23-19-11-4-5-12-19)24-15-7-6-14-22-17-18-9-2-1-3-10-18/h1-3,9-10,19H,4-8,11-17H2. The Labute approximate surface area is 145 Å². The van der Waals surface area contributed by atoms with Gasteiger partial charge in [0, 0.05) is 19.6 Å². The molecule has 1 fully saturated rings. The predicted molar refractivity (Wildman–Crippen MR) is 93.7 cm³/mol. The molecule has 1 aromatic rings. The van der Waals surface area contributed by atoms with Crippen molar-refractivity contribution < 1.29 is 19.0 Å². The Hall–Kier alpha value is -1.39. The molecule has 4 heteroatoms. The van der Waals surface area contributed by atoms with Gasteiger partial charge < -0.3 is 14.2 Å².